The van der Waals surface area contributed by atoms with Crippen molar-refractivity contribution in [1.29, 1.82) is 0 Å². The van der Waals surface area contributed by atoms with Gasteiger partial charge in [-0.1, -0.05) is 36.4 Å². The minimum Gasteiger partial charge on any atom is -0.493 e. The molecule has 27 heavy (non-hydrogen) atoms. The Labute approximate surface area is 160 Å². The van der Waals surface area contributed by atoms with Crippen molar-refractivity contribution in [3.8, 4) is 11.5 Å². The highest BCUT2D eigenvalue weighted by Crippen LogP contribution is 2.37. The maximum absolute atomic E-state index is 12.4. The molecule has 1 aliphatic heterocycles. The van der Waals surface area contributed by atoms with Gasteiger partial charge in [-0.25, -0.2) is 4.79 Å². The van der Waals surface area contributed by atoms with Crippen LogP contribution in [0.3, 0.4) is 0 Å². The third-order valence-corrected chi connectivity index (χ3v) is 4.41. The standard InChI is InChI=1S/C22H27NO4/c1-22(2,3)27-21(24)23-13-12-18-17(14-23)10-11-19(20(18)25-4)26-15-16-8-6-5-7-9-16/h5-11H,12-15H2,1-4H3. The van der Waals surface area contributed by atoms with E-state index in [0.29, 0.717) is 26.1 Å². The predicted molar refractivity (Wildman–Crippen MR) is 104 cm³/mol. The van der Waals surface area contributed by atoms with Crippen molar-refractivity contribution in [1.82, 2.24) is 4.90 Å². The van der Waals surface area contributed by atoms with Gasteiger partial charge in [-0.2, -0.15) is 0 Å². The van der Waals surface area contributed by atoms with Gasteiger partial charge in [0.05, 0.1) is 7.11 Å². The summed E-state index contributed by atoms with van der Waals surface area (Å²) in [7, 11) is 1.66. The minimum absolute atomic E-state index is 0.281. The summed E-state index contributed by atoms with van der Waals surface area (Å²) in [6.07, 6.45) is 0.428. The number of fused-ring (bicyclic) bond motifs is 1. The number of nitrogens with zero attached hydrogens (tertiary/aromatic N) is 1. The smallest absolute Gasteiger partial charge is 0.410 e. The number of carbonyl (C=O) groups is 1. The van der Waals surface area contributed by atoms with Gasteiger partial charge in [-0.05, 0) is 44.4 Å². The van der Waals surface area contributed by atoms with Gasteiger partial charge in [0.25, 0.3) is 0 Å². The largest absolute Gasteiger partial charge is 0.493 e. The molecule has 0 saturated carbocycles. The molecule has 2 aromatic carbocycles. The molecule has 0 N–H and O–H groups in total. The van der Waals surface area contributed by atoms with E-state index in [1.54, 1.807) is 12.0 Å². The molecule has 0 unspecified atom stereocenters. The Morgan fingerprint density at radius 1 is 1.11 bits per heavy atom. The van der Waals surface area contributed by atoms with Crippen LogP contribution in [0, 0.1) is 0 Å². The first-order chi connectivity index (χ1) is 12.9. The molecular weight excluding hydrogens is 342 g/mol. The molecule has 1 aliphatic rings. The maximum atomic E-state index is 12.4. The summed E-state index contributed by atoms with van der Waals surface area (Å²) >= 11 is 0. The summed E-state index contributed by atoms with van der Waals surface area (Å²) in [5, 5.41) is 0. The molecular formula is C22H27NO4. The number of hydrogen-bond donors (Lipinski definition) is 0. The van der Waals surface area contributed by atoms with Crippen molar-refractivity contribution >= 4 is 6.09 Å². The molecule has 0 aliphatic carbocycles. The molecule has 0 atom stereocenters. The van der Waals surface area contributed by atoms with Crippen molar-refractivity contribution in [3.05, 3.63) is 59.2 Å². The first kappa shape index (κ1) is 19.1. The van der Waals surface area contributed by atoms with Gasteiger partial charge in [0, 0.05) is 18.7 Å². The molecule has 0 fully saturated rings. The first-order valence-electron chi connectivity index (χ1n) is 9.21. The maximum Gasteiger partial charge on any atom is 0.410 e. The van der Waals surface area contributed by atoms with Gasteiger partial charge in [0.2, 0.25) is 0 Å². The Hall–Kier alpha value is -2.69. The van der Waals surface area contributed by atoms with E-state index in [4.69, 9.17) is 14.2 Å². The van der Waals surface area contributed by atoms with Crippen LogP contribution in [0.1, 0.15) is 37.5 Å². The molecule has 3 rings (SSSR count). The second kappa shape index (κ2) is 7.91. The third-order valence-electron chi connectivity index (χ3n) is 4.41. The molecule has 0 bridgehead atoms. The molecule has 0 aromatic heterocycles. The second-order valence-corrected chi connectivity index (χ2v) is 7.66. The molecule has 1 amide bonds. The van der Waals surface area contributed by atoms with Gasteiger partial charge in [-0.15, -0.1) is 0 Å². The number of ether oxygens (including phenoxy) is 3. The van der Waals surface area contributed by atoms with Crippen LogP contribution >= 0.6 is 0 Å². The molecule has 5 heteroatoms. The number of hydrogen-bond acceptors (Lipinski definition) is 4. The summed E-state index contributed by atoms with van der Waals surface area (Å²) in [5.74, 6) is 1.48. The zero-order valence-corrected chi connectivity index (χ0v) is 16.5. The lowest BCUT2D eigenvalue weighted by Gasteiger charge is -2.32. The van der Waals surface area contributed by atoms with Gasteiger partial charge in [-0.3, -0.25) is 0 Å². The lowest BCUT2D eigenvalue weighted by Crippen LogP contribution is -2.40. The lowest BCUT2D eigenvalue weighted by atomic mass is 9.98. The van der Waals surface area contributed by atoms with Crippen LogP contribution in [-0.2, 0) is 24.3 Å². The van der Waals surface area contributed by atoms with Gasteiger partial charge in [0.15, 0.2) is 11.5 Å². The molecule has 0 spiro atoms. The molecule has 0 radical (unpaired) electrons. The zero-order valence-electron chi connectivity index (χ0n) is 16.5. The summed E-state index contributed by atoms with van der Waals surface area (Å²) in [6.45, 7) is 7.23. The normalized spacial score (nSPS) is 13.7. The van der Waals surface area contributed by atoms with Gasteiger partial charge < -0.3 is 19.1 Å². The van der Waals surface area contributed by atoms with Crippen molar-refractivity contribution in [2.45, 2.75) is 45.9 Å². The molecule has 2 aromatic rings. The number of amides is 1. The Bertz CT molecular complexity index is 796. The summed E-state index contributed by atoms with van der Waals surface area (Å²) in [5.41, 5.74) is 2.77. The fraction of sp³-hybridized carbons (Fsp3) is 0.409. The number of benzene rings is 2. The molecule has 0 saturated heterocycles. The summed E-state index contributed by atoms with van der Waals surface area (Å²) in [4.78, 5) is 14.1. The average Bonchev–Trinajstić information content (AvgIpc) is 2.64. The number of methoxy groups -OCH3 is 1. The van der Waals surface area contributed by atoms with Crippen LogP contribution in [0.25, 0.3) is 0 Å². The van der Waals surface area contributed by atoms with Crippen LogP contribution in [-0.4, -0.2) is 30.2 Å². The van der Waals surface area contributed by atoms with E-state index < -0.39 is 5.60 Å². The van der Waals surface area contributed by atoms with Crippen LogP contribution in [0.5, 0.6) is 11.5 Å². The summed E-state index contributed by atoms with van der Waals surface area (Å²) < 4.78 is 17.1. The van der Waals surface area contributed by atoms with E-state index in [1.807, 2.05) is 63.2 Å². The van der Waals surface area contributed by atoms with E-state index in [9.17, 15) is 4.79 Å². The average molecular weight is 369 g/mol. The van der Waals surface area contributed by atoms with E-state index >= 15 is 0 Å². The van der Waals surface area contributed by atoms with Gasteiger partial charge in [0.1, 0.15) is 12.2 Å². The fourth-order valence-electron chi connectivity index (χ4n) is 3.16. The van der Waals surface area contributed by atoms with Crippen molar-refractivity contribution < 1.29 is 19.0 Å². The van der Waals surface area contributed by atoms with Crippen LogP contribution in [0.15, 0.2) is 42.5 Å². The predicted octanol–water partition coefficient (Wildman–Crippen LogP) is 4.57. The van der Waals surface area contributed by atoms with Crippen LogP contribution in [0.4, 0.5) is 4.79 Å². The quantitative estimate of drug-likeness (QED) is 0.792. The Balaban J connectivity index is 1.74. The molecule has 1 heterocycles. The van der Waals surface area contributed by atoms with E-state index in [0.717, 1.165) is 28.2 Å². The number of carbonyl (C=O) groups excluding carboxylic acids is 1. The second-order valence-electron chi connectivity index (χ2n) is 7.66. The number of rotatable bonds is 4. The topological polar surface area (TPSA) is 48.0 Å². The van der Waals surface area contributed by atoms with Crippen LogP contribution < -0.4 is 9.47 Å². The Kier molecular flexibility index (Phi) is 5.59. The highest BCUT2D eigenvalue weighted by Gasteiger charge is 2.28. The molecule has 144 valence electrons. The van der Waals surface area contributed by atoms with Crippen molar-refractivity contribution in [2.24, 2.45) is 0 Å². The zero-order chi connectivity index (χ0) is 19.4. The Morgan fingerprint density at radius 3 is 2.52 bits per heavy atom. The van der Waals surface area contributed by atoms with Gasteiger partial charge >= 0.3 is 6.09 Å². The highest BCUT2D eigenvalue weighted by molar-refractivity contribution is 5.69. The van der Waals surface area contributed by atoms with E-state index in [2.05, 4.69) is 0 Å². The minimum atomic E-state index is -0.496. The van der Waals surface area contributed by atoms with Crippen molar-refractivity contribution in [3.63, 3.8) is 0 Å². The van der Waals surface area contributed by atoms with Crippen LogP contribution in [0.2, 0.25) is 0 Å². The SMILES string of the molecule is COc1c(OCc2ccccc2)ccc2c1CCN(C(=O)OC(C)(C)C)C2. The van der Waals surface area contributed by atoms with E-state index in [-0.39, 0.29) is 6.09 Å². The fourth-order valence-corrected chi connectivity index (χ4v) is 3.16. The molecule has 5 nitrogen and oxygen atoms in total. The van der Waals surface area contributed by atoms with Crippen molar-refractivity contribution in [2.75, 3.05) is 13.7 Å². The Morgan fingerprint density at radius 2 is 1.85 bits per heavy atom. The first-order valence-corrected chi connectivity index (χ1v) is 9.21. The van der Waals surface area contributed by atoms with E-state index in [1.165, 1.54) is 0 Å². The summed E-state index contributed by atoms with van der Waals surface area (Å²) in [6, 6.07) is 14.0. The monoisotopic (exact) mass is 369 g/mol. The lowest BCUT2D eigenvalue weighted by molar-refractivity contribution is 0.0223. The third kappa shape index (κ3) is 4.73. The highest BCUT2D eigenvalue weighted by atomic mass is 16.6.